The van der Waals surface area contributed by atoms with Crippen LogP contribution in [0.25, 0.3) is 16.9 Å². The minimum absolute atomic E-state index is 0.661. The van der Waals surface area contributed by atoms with Crippen molar-refractivity contribution in [2.75, 3.05) is 0 Å². The van der Waals surface area contributed by atoms with Gasteiger partial charge in [-0.05, 0) is 25.1 Å². The Morgan fingerprint density at radius 1 is 1.05 bits per heavy atom. The average molecular weight is 277 g/mol. The van der Waals surface area contributed by atoms with E-state index in [4.69, 9.17) is 0 Å². The predicted octanol–water partition coefficient (Wildman–Crippen LogP) is 3.72. The zero-order chi connectivity index (χ0) is 14.3. The normalized spacial score (nSPS) is 12.0. The first-order chi connectivity index (χ1) is 9.45. The number of aromatic nitrogens is 3. The van der Waals surface area contributed by atoms with Gasteiger partial charge in [0.05, 0.1) is 17.0 Å². The van der Waals surface area contributed by atoms with Gasteiger partial charge in [-0.25, -0.2) is 9.50 Å². The van der Waals surface area contributed by atoms with Crippen molar-refractivity contribution in [3.05, 3.63) is 53.9 Å². The summed E-state index contributed by atoms with van der Waals surface area (Å²) in [4.78, 5) is 4.17. The number of halogens is 3. The van der Waals surface area contributed by atoms with Crippen LogP contribution in [0.15, 0.2) is 42.6 Å². The van der Waals surface area contributed by atoms with Gasteiger partial charge in [-0.2, -0.15) is 18.3 Å². The molecule has 0 fully saturated rings. The molecule has 0 unspecified atom stereocenters. The van der Waals surface area contributed by atoms with Crippen LogP contribution in [0.3, 0.4) is 0 Å². The number of aryl methyl sites for hydroxylation is 1. The Bertz CT molecular complexity index is 757. The van der Waals surface area contributed by atoms with E-state index in [0.29, 0.717) is 16.9 Å². The van der Waals surface area contributed by atoms with Crippen LogP contribution in [0.5, 0.6) is 0 Å². The SMILES string of the molecule is Cc1cc2nccc(-c3ccc(C(F)(F)F)cc3)n2n1. The molecule has 3 rings (SSSR count). The van der Waals surface area contributed by atoms with Gasteiger partial charge in [0.25, 0.3) is 0 Å². The molecule has 3 nitrogen and oxygen atoms in total. The molecule has 0 aliphatic carbocycles. The van der Waals surface area contributed by atoms with Gasteiger partial charge in [-0.3, -0.25) is 0 Å². The van der Waals surface area contributed by atoms with E-state index in [2.05, 4.69) is 10.1 Å². The minimum atomic E-state index is -4.33. The fraction of sp³-hybridized carbons (Fsp3) is 0.143. The lowest BCUT2D eigenvalue weighted by atomic mass is 10.1. The Morgan fingerprint density at radius 3 is 2.40 bits per heavy atom. The molecular weight excluding hydrogens is 267 g/mol. The molecule has 6 heteroatoms. The Kier molecular flexibility index (Phi) is 2.74. The van der Waals surface area contributed by atoms with Crippen LogP contribution < -0.4 is 0 Å². The summed E-state index contributed by atoms with van der Waals surface area (Å²) in [5.74, 6) is 0. The summed E-state index contributed by atoms with van der Waals surface area (Å²) >= 11 is 0. The van der Waals surface area contributed by atoms with E-state index in [-0.39, 0.29) is 0 Å². The third-order valence-corrected chi connectivity index (χ3v) is 2.99. The molecule has 20 heavy (non-hydrogen) atoms. The van der Waals surface area contributed by atoms with Gasteiger partial charge in [0, 0.05) is 17.8 Å². The van der Waals surface area contributed by atoms with E-state index in [1.807, 2.05) is 13.0 Å². The van der Waals surface area contributed by atoms with E-state index < -0.39 is 11.7 Å². The van der Waals surface area contributed by atoms with Crippen LogP contribution in [0, 0.1) is 6.92 Å². The predicted molar refractivity (Wildman–Crippen MR) is 68.2 cm³/mol. The van der Waals surface area contributed by atoms with Gasteiger partial charge < -0.3 is 0 Å². The molecule has 0 amide bonds. The summed E-state index contributed by atoms with van der Waals surface area (Å²) < 4.78 is 39.3. The number of alkyl halides is 3. The molecule has 2 heterocycles. The van der Waals surface area contributed by atoms with Gasteiger partial charge in [0.1, 0.15) is 0 Å². The number of benzene rings is 1. The topological polar surface area (TPSA) is 30.2 Å². The van der Waals surface area contributed by atoms with Gasteiger partial charge in [-0.1, -0.05) is 12.1 Å². The number of hydrogen-bond donors (Lipinski definition) is 0. The zero-order valence-electron chi connectivity index (χ0n) is 10.5. The number of fused-ring (bicyclic) bond motifs is 1. The number of rotatable bonds is 1. The zero-order valence-corrected chi connectivity index (χ0v) is 10.5. The van der Waals surface area contributed by atoms with E-state index >= 15 is 0 Å². The van der Waals surface area contributed by atoms with E-state index in [1.165, 1.54) is 12.1 Å². The molecule has 3 aromatic rings. The highest BCUT2D eigenvalue weighted by Crippen LogP contribution is 2.30. The van der Waals surface area contributed by atoms with Crippen LogP contribution in [-0.4, -0.2) is 14.6 Å². The smallest absolute Gasteiger partial charge is 0.237 e. The van der Waals surface area contributed by atoms with E-state index in [9.17, 15) is 13.2 Å². The molecule has 0 N–H and O–H groups in total. The molecule has 0 radical (unpaired) electrons. The van der Waals surface area contributed by atoms with Gasteiger partial charge in [0.15, 0.2) is 5.65 Å². The van der Waals surface area contributed by atoms with Crippen LogP contribution in [0.2, 0.25) is 0 Å². The van der Waals surface area contributed by atoms with Crippen molar-refractivity contribution in [1.82, 2.24) is 14.6 Å². The summed E-state index contributed by atoms with van der Waals surface area (Å²) in [6, 6.07) is 8.55. The summed E-state index contributed by atoms with van der Waals surface area (Å²) in [6.45, 7) is 1.84. The summed E-state index contributed by atoms with van der Waals surface area (Å²) in [7, 11) is 0. The lowest BCUT2D eigenvalue weighted by Crippen LogP contribution is -2.04. The first-order valence-corrected chi connectivity index (χ1v) is 5.94. The van der Waals surface area contributed by atoms with Crippen LogP contribution >= 0.6 is 0 Å². The summed E-state index contributed by atoms with van der Waals surface area (Å²) in [6.07, 6.45) is -2.71. The lowest BCUT2D eigenvalue weighted by molar-refractivity contribution is -0.137. The third-order valence-electron chi connectivity index (χ3n) is 2.99. The van der Waals surface area contributed by atoms with Crippen molar-refractivity contribution in [2.45, 2.75) is 13.1 Å². The first kappa shape index (κ1) is 12.7. The summed E-state index contributed by atoms with van der Waals surface area (Å²) in [5.41, 5.74) is 2.17. The van der Waals surface area contributed by atoms with Gasteiger partial charge >= 0.3 is 6.18 Å². The fourth-order valence-corrected chi connectivity index (χ4v) is 2.06. The molecular formula is C14H10F3N3. The Labute approximate surface area is 112 Å². The second kappa shape index (κ2) is 4.33. The maximum atomic E-state index is 12.6. The maximum absolute atomic E-state index is 12.6. The molecule has 0 bridgehead atoms. The van der Waals surface area contributed by atoms with Crippen molar-refractivity contribution in [3.8, 4) is 11.3 Å². The third kappa shape index (κ3) is 2.13. The Hall–Kier alpha value is -2.37. The minimum Gasteiger partial charge on any atom is -0.237 e. The Balaban J connectivity index is 2.11. The van der Waals surface area contributed by atoms with E-state index in [1.54, 1.807) is 16.8 Å². The molecule has 102 valence electrons. The van der Waals surface area contributed by atoms with Crippen LogP contribution in [0.1, 0.15) is 11.3 Å². The van der Waals surface area contributed by atoms with Crippen LogP contribution in [0.4, 0.5) is 13.2 Å². The molecule has 0 saturated carbocycles. The molecule has 0 atom stereocenters. The molecule has 0 aliphatic rings. The summed E-state index contributed by atoms with van der Waals surface area (Å²) in [5, 5.41) is 4.29. The standard InChI is InChI=1S/C14H10F3N3/c1-9-8-13-18-7-6-12(20(13)19-9)10-2-4-11(5-3-10)14(15,16)17/h2-8H,1H3. The van der Waals surface area contributed by atoms with Crippen molar-refractivity contribution >= 4 is 5.65 Å². The highest BCUT2D eigenvalue weighted by atomic mass is 19.4. The van der Waals surface area contributed by atoms with Crippen molar-refractivity contribution in [1.29, 1.82) is 0 Å². The highest BCUT2D eigenvalue weighted by molar-refractivity contribution is 5.62. The quantitative estimate of drug-likeness (QED) is 0.678. The Morgan fingerprint density at radius 2 is 1.75 bits per heavy atom. The highest BCUT2D eigenvalue weighted by Gasteiger charge is 2.30. The number of nitrogens with zero attached hydrogens (tertiary/aromatic N) is 3. The van der Waals surface area contributed by atoms with Crippen molar-refractivity contribution in [2.24, 2.45) is 0 Å². The molecule has 0 aliphatic heterocycles. The molecule has 1 aromatic carbocycles. The first-order valence-electron chi connectivity index (χ1n) is 5.94. The largest absolute Gasteiger partial charge is 0.416 e. The van der Waals surface area contributed by atoms with Crippen molar-refractivity contribution < 1.29 is 13.2 Å². The van der Waals surface area contributed by atoms with Gasteiger partial charge in [0.2, 0.25) is 0 Å². The van der Waals surface area contributed by atoms with E-state index in [0.717, 1.165) is 17.8 Å². The maximum Gasteiger partial charge on any atom is 0.416 e. The fourth-order valence-electron chi connectivity index (χ4n) is 2.06. The van der Waals surface area contributed by atoms with Gasteiger partial charge in [-0.15, -0.1) is 0 Å². The lowest BCUT2D eigenvalue weighted by Gasteiger charge is -2.08. The number of hydrogen-bond acceptors (Lipinski definition) is 2. The molecule has 2 aromatic heterocycles. The second-order valence-electron chi connectivity index (χ2n) is 4.46. The van der Waals surface area contributed by atoms with Crippen molar-refractivity contribution in [3.63, 3.8) is 0 Å². The average Bonchev–Trinajstić information content (AvgIpc) is 2.78. The monoisotopic (exact) mass is 277 g/mol. The molecule has 0 saturated heterocycles. The van der Waals surface area contributed by atoms with Crippen LogP contribution in [-0.2, 0) is 6.18 Å². The second-order valence-corrected chi connectivity index (χ2v) is 4.46. The molecule has 0 spiro atoms.